The monoisotopic (exact) mass is 440 g/mol. The molecule has 2 aromatic carbocycles. The van der Waals surface area contributed by atoms with Gasteiger partial charge < -0.3 is 14.7 Å². The van der Waals surface area contributed by atoms with Gasteiger partial charge in [0.2, 0.25) is 5.91 Å². The van der Waals surface area contributed by atoms with E-state index < -0.39 is 11.6 Å². The van der Waals surface area contributed by atoms with Crippen molar-refractivity contribution in [1.82, 2.24) is 9.80 Å². The number of fused-ring (bicyclic) bond motifs is 1. The van der Waals surface area contributed by atoms with Crippen LogP contribution in [-0.4, -0.2) is 59.6 Å². The lowest BCUT2D eigenvalue weighted by Gasteiger charge is -2.36. The molecule has 0 radical (unpaired) electrons. The molecule has 1 N–H and O–H groups in total. The fourth-order valence-electron chi connectivity index (χ4n) is 4.15. The fourth-order valence-corrected chi connectivity index (χ4v) is 4.28. The first-order valence-corrected chi connectivity index (χ1v) is 10.7. The Kier molecular flexibility index (Phi) is 6.41. The van der Waals surface area contributed by atoms with Crippen molar-refractivity contribution in [3.8, 4) is 0 Å². The Labute approximate surface area is 186 Å². The number of hydrogen-bond donors (Lipinski definition) is 1. The van der Waals surface area contributed by atoms with E-state index in [1.165, 1.54) is 5.56 Å². The zero-order valence-electron chi connectivity index (χ0n) is 17.2. The van der Waals surface area contributed by atoms with Gasteiger partial charge in [0.15, 0.2) is 5.60 Å². The van der Waals surface area contributed by atoms with Crippen molar-refractivity contribution in [2.45, 2.75) is 18.6 Å². The van der Waals surface area contributed by atoms with Crippen LogP contribution in [0.5, 0.6) is 0 Å². The molecular weight excluding hydrogens is 416 g/mol. The second kappa shape index (κ2) is 9.22. The molecule has 2 aromatic rings. The molecule has 0 aromatic heterocycles. The molecule has 0 bridgehead atoms. The van der Waals surface area contributed by atoms with Crippen LogP contribution in [0.3, 0.4) is 0 Å². The first-order chi connectivity index (χ1) is 15.0. The smallest absolute Gasteiger partial charge is 0.341 e. The molecule has 1 fully saturated rings. The Morgan fingerprint density at radius 2 is 1.74 bits per heavy atom. The summed E-state index contributed by atoms with van der Waals surface area (Å²) in [5.74, 6) is -1.26. The summed E-state index contributed by atoms with van der Waals surface area (Å²) in [7, 11) is 0. The van der Waals surface area contributed by atoms with Gasteiger partial charge in [0.25, 0.3) is 0 Å². The fraction of sp³-hybridized carbons (Fsp3) is 0.333. The predicted octanol–water partition coefficient (Wildman–Crippen LogP) is 3.40. The van der Waals surface area contributed by atoms with Gasteiger partial charge in [-0.05, 0) is 23.3 Å². The summed E-state index contributed by atoms with van der Waals surface area (Å²) in [6.45, 7) is 3.24. The number of carbonyl (C=O) groups excluding carboxylic acids is 1. The van der Waals surface area contributed by atoms with Crippen molar-refractivity contribution in [3.63, 3.8) is 0 Å². The number of carboxylic acid groups (broad SMARTS) is 1. The molecule has 0 spiro atoms. The number of ether oxygens (including phenoxy) is 1. The van der Waals surface area contributed by atoms with Crippen molar-refractivity contribution in [3.05, 3.63) is 76.3 Å². The van der Waals surface area contributed by atoms with E-state index in [-0.39, 0.29) is 18.9 Å². The molecule has 1 atom stereocenters. The van der Waals surface area contributed by atoms with Crippen molar-refractivity contribution in [1.29, 1.82) is 0 Å². The lowest BCUT2D eigenvalue weighted by Crippen LogP contribution is -2.50. The highest BCUT2D eigenvalue weighted by atomic mass is 35.5. The number of carboxylic acids is 1. The normalized spacial score (nSPS) is 21.0. The van der Waals surface area contributed by atoms with Gasteiger partial charge in [0, 0.05) is 49.7 Å². The van der Waals surface area contributed by atoms with Crippen LogP contribution < -0.4 is 0 Å². The molecule has 1 aliphatic carbocycles. The molecule has 7 heteroatoms. The molecule has 0 saturated carbocycles. The van der Waals surface area contributed by atoms with Gasteiger partial charge in [0.1, 0.15) is 6.61 Å². The quantitative estimate of drug-likeness (QED) is 0.745. The third-order valence-electron chi connectivity index (χ3n) is 5.93. The number of amides is 1. The van der Waals surface area contributed by atoms with Crippen LogP contribution in [0.15, 0.2) is 54.6 Å². The van der Waals surface area contributed by atoms with Crippen LogP contribution >= 0.6 is 11.6 Å². The Morgan fingerprint density at radius 3 is 2.45 bits per heavy atom. The zero-order chi connectivity index (χ0) is 21.8. The average Bonchev–Trinajstić information content (AvgIpc) is 2.79. The summed E-state index contributed by atoms with van der Waals surface area (Å²) < 4.78 is 5.84. The van der Waals surface area contributed by atoms with Crippen LogP contribution in [0.4, 0.5) is 0 Å². The summed E-state index contributed by atoms with van der Waals surface area (Å²) in [5.41, 5.74) is 1.04. The zero-order valence-corrected chi connectivity index (χ0v) is 17.9. The molecule has 1 saturated heterocycles. The third kappa shape index (κ3) is 4.66. The lowest BCUT2D eigenvalue weighted by molar-refractivity contribution is -0.172. The van der Waals surface area contributed by atoms with Gasteiger partial charge in [-0.3, -0.25) is 9.69 Å². The van der Waals surface area contributed by atoms with Gasteiger partial charge >= 0.3 is 5.97 Å². The molecule has 4 rings (SSSR count). The van der Waals surface area contributed by atoms with Crippen molar-refractivity contribution >= 4 is 29.6 Å². The van der Waals surface area contributed by atoms with Crippen molar-refractivity contribution < 1.29 is 19.4 Å². The van der Waals surface area contributed by atoms with Crippen LogP contribution in [-0.2, 0) is 26.5 Å². The molecule has 2 aliphatic rings. The largest absolute Gasteiger partial charge is 0.479 e. The SMILES string of the molecule is O=C(COC1(C(=O)O)CC=Cc2ccccc21)N1CCN(Cc2ccc(Cl)cc2)CC1. The van der Waals surface area contributed by atoms with Gasteiger partial charge in [-0.2, -0.15) is 0 Å². The summed E-state index contributed by atoms with van der Waals surface area (Å²) in [5, 5.41) is 10.7. The minimum atomic E-state index is -1.53. The van der Waals surface area contributed by atoms with Crippen LogP contribution in [0.2, 0.25) is 5.02 Å². The molecule has 6 nitrogen and oxygen atoms in total. The van der Waals surface area contributed by atoms with Crippen LogP contribution in [0, 0.1) is 0 Å². The summed E-state index contributed by atoms with van der Waals surface area (Å²) >= 11 is 5.94. The van der Waals surface area contributed by atoms with E-state index in [1.54, 1.807) is 23.1 Å². The number of halogens is 1. The van der Waals surface area contributed by atoms with Crippen molar-refractivity contribution in [2.24, 2.45) is 0 Å². The topological polar surface area (TPSA) is 70.1 Å². The van der Waals surface area contributed by atoms with E-state index in [0.717, 1.165) is 30.2 Å². The number of benzene rings is 2. The van der Waals surface area contributed by atoms with E-state index in [9.17, 15) is 14.7 Å². The molecule has 1 amide bonds. The minimum Gasteiger partial charge on any atom is -0.479 e. The Morgan fingerprint density at radius 1 is 1.03 bits per heavy atom. The molecule has 162 valence electrons. The summed E-state index contributed by atoms with van der Waals surface area (Å²) in [6, 6.07) is 15.0. The highest BCUT2D eigenvalue weighted by Crippen LogP contribution is 2.37. The second-order valence-electron chi connectivity index (χ2n) is 7.90. The maximum Gasteiger partial charge on any atom is 0.341 e. The van der Waals surface area contributed by atoms with Gasteiger partial charge in [0.05, 0.1) is 0 Å². The summed E-state index contributed by atoms with van der Waals surface area (Å²) in [6.07, 6.45) is 3.87. The number of carbonyl (C=O) groups is 2. The number of nitrogens with zero attached hydrogens (tertiary/aromatic N) is 2. The van der Waals surface area contributed by atoms with Gasteiger partial charge in [-0.15, -0.1) is 0 Å². The predicted molar refractivity (Wildman–Crippen MR) is 119 cm³/mol. The van der Waals surface area contributed by atoms with E-state index >= 15 is 0 Å². The maximum absolute atomic E-state index is 12.8. The first-order valence-electron chi connectivity index (χ1n) is 10.4. The second-order valence-corrected chi connectivity index (χ2v) is 8.33. The van der Waals surface area contributed by atoms with Crippen molar-refractivity contribution in [2.75, 3.05) is 32.8 Å². The number of aliphatic carboxylic acids is 1. The Bertz CT molecular complexity index is 983. The molecule has 1 unspecified atom stereocenters. The van der Waals surface area contributed by atoms with Crippen LogP contribution in [0.25, 0.3) is 6.08 Å². The first kappa shape index (κ1) is 21.6. The standard InChI is InChI=1S/C24H25ClN2O4/c25-20-9-7-18(8-10-20)16-26-12-14-27(15-13-26)22(28)17-31-24(23(29)30)11-3-5-19-4-1-2-6-21(19)24/h1-10H,11-17H2,(H,29,30). The van der Waals surface area contributed by atoms with E-state index in [1.807, 2.05) is 42.5 Å². The Balaban J connectivity index is 1.34. The van der Waals surface area contributed by atoms with Crippen LogP contribution in [0.1, 0.15) is 23.1 Å². The highest BCUT2D eigenvalue weighted by Gasteiger charge is 2.44. The number of rotatable bonds is 6. The summed E-state index contributed by atoms with van der Waals surface area (Å²) in [4.78, 5) is 29.0. The van der Waals surface area contributed by atoms with Gasteiger partial charge in [-0.25, -0.2) is 4.79 Å². The molecule has 1 heterocycles. The highest BCUT2D eigenvalue weighted by molar-refractivity contribution is 6.30. The van der Waals surface area contributed by atoms with E-state index in [2.05, 4.69) is 4.90 Å². The average molecular weight is 441 g/mol. The molecular formula is C24H25ClN2O4. The Hall–Kier alpha value is -2.67. The lowest BCUT2D eigenvalue weighted by atomic mass is 9.83. The maximum atomic E-state index is 12.8. The minimum absolute atomic E-state index is 0.182. The molecule has 1 aliphatic heterocycles. The third-order valence-corrected chi connectivity index (χ3v) is 6.18. The van der Waals surface area contributed by atoms with E-state index in [0.29, 0.717) is 18.7 Å². The number of piperazine rings is 1. The van der Waals surface area contributed by atoms with E-state index in [4.69, 9.17) is 16.3 Å². The molecule has 31 heavy (non-hydrogen) atoms. The van der Waals surface area contributed by atoms with Gasteiger partial charge in [-0.1, -0.05) is 60.2 Å². The number of hydrogen-bond acceptors (Lipinski definition) is 4.